The van der Waals surface area contributed by atoms with E-state index in [1.165, 1.54) is 12.1 Å². The van der Waals surface area contributed by atoms with Crippen LogP contribution < -0.4 is 20.5 Å². The van der Waals surface area contributed by atoms with Crippen LogP contribution in [0.3, 0.4) is 0 Å². The number of nitrogens with zero attached hydrogens (tertiary/aromatic N) is 2. The first-order valence-corrected chi connectivity index (χ1v) is 8.93. The molecule has 0 radical (unpaired) electrons. The number of ether oxygens (including phenoxy) is 3. The molecule has 2 aliphatic heterocycles. The minimum atomic E-state index is -3.39. The van der Waals surface area contributed by atoms with Crippen LogP contribution in [0.1, 0.15) is 23.0 Å². The van der Waals surface area contributed by atoms with Gasteiger partial charge in [0.05, 0.1) is 18.3 Å². The van der Waals surface area contributed by atoms with E-state index in [-0.39, 0.29) is 36.1 Å². The number of aromatic nitrogens is 2. The van der Waals surface area contributed by atoms with Gasteiger partial charge in [-0.2, -0.15) is 4.98 Å². The number of benzene rings is 1. The van der Waals surface area contributed by atoms with Crippen molar-refractivity contribution in [2.45, 2.75) is 24.7 Å². The fraction of sp³-hybridized carbons (Fsp3) is 0.389. The number of carbonyl (C=O) groups excluding carboxylic acids is 1. The Kier molecular flexibility index (Phi) is 5.12. The van der Waals surface area contributed by atoms with Crippen LogP contribution in [0.5, 0.6) is 11.5 Å². The highest BCUT2D eigenvalue weighted by atomic mass is 19.3. The standard InChI is InChI=1S/C18H16F3N3O6/c19-13-10(1-2-11-14(13)29-6-5-28-11)15(26)22-12-3-4-24(17(27)23-12)16-18(20,21)7-9(8-25)30-16/h1-4,9,16,25H,5-8H2,(H,22,23,26,27). The van der Waals surface area contributed by atoms with Crippen molar-refractivity contribution >= 4 is 11.7 Å². The molecule has 1 fully saturated rings. The lowest BCUT2D eigenvalue weighted by atomic mass is 10.1. The third-order valence-corrected chi connectivity index (χ3v) is 4.60. The summed E-state index contributed by atoms with van der Waals surface area (Å²) >= 11 is 0. The number of nitrogens with one attached hydrogen (secondary N) is 1. The van der Waals surface area contributed by atoms with Gasteiger partial charge in [0.1, 0.15) is 19.0 Å². The minimum Gasteiger partial charge on any atom is -0.486 e. The first-order chi connectivity index (χ1) is 14.3. The lowest BCUT2D eigenvalue weighted by Gasteiger charge is -2.20. The highest BCUT2D eigenvalue weighted by molar-refractivity contribution is 6.04. The van der Waals surface area contributed by atoms with Crippen LogP contribution in [0.4, 0.5) is 19.0 Å². The highest BCUT2D eigenvalue weighted by Gasteiger charge is 2.51. The second-order valence-electron chi connectivity index (χ2n) is 6.67. The fourth-order valence-corrected chi connectivity index (χ4v) is 3.21. The van der Waals surface area contributed by atoms with Crippen molar-refractivity contribution in [1.82, 2.24) is 9.55 Å². The summed E-state index contributed by atoms with van der Waals surface area (Å²) < 4.78 is 58.7. The molecule has 2 aliphatic rings. The number of fused-ring (bicyclic) bond motifs is 1. The van der Waals surface area contributed by atoms with E-state index in [4.69, 9.17) is 19.3 Å². The summed E-state index contributed by atoms with van der Waals surface area (Å²) in [4.78, 5) is 28.1. The molecule has 1 aromatic carbocycles. The van der Waals surface area contributed by atoms with Gasteiger partial charge in [-0.25, -0.2) is 18.0 Å². The van der Waals surface area contributed by atoms with E-state index in [2.05, 4.69) is 10.3 Å². The topological polar surface area (TPSA) is 112 Å². The van der Waals surface area contributed by atoms with Crippen LogP contribution >= 0.6 is 0 Å². The molecule has 0 aliphatic carbocycles. The summed E-state index contributed by atoms with van der Waals surface area (Å²) in [7, 11) is 0. The summed E-state index contributed by atoms with van der Waals surface area (Å²) in [5.41, 5.74) is -1.49. The fourth-order valence-electron chi connectivity index (χ4n) is 3.21. The normalized spacial score (nSPS) is 22.0. The summed E-state index contributed by atoms with van der Waals surface area (Å²) in [5.74, 6) is -5.55. The average molecular weight is 427 g/mol. The Hall–Kier alpha value is -3.12. The number of halogens is 3. The molecule has 2 aromatic rings. The van der Waals surface area contributed by atoms with Crippen LogP contribution in [0, 0.1) is 5.82 Å². The molecule has 2 N–H and O–H groups in total. The molecule has 1 amide bonds. The zero-order valence-electron chi connectivity index (χ0n) is 15.3. The van der Waals surface area contributed by atoms with Crippen molar-refractivity contribution < 1.29 is 37.3 Å². The molecule has 160 valence electrons. The van der Waals surface area contributed by atoms with Crippen molar-refractivity contribution in [2.24, 2.45) is 0 Å². The number of anilines is 1. The molecular formula is C18H16F3N3O6. The summed E-state index contributed by atoms with van der Waals surface area (Å²) in [6.45, 7) is -0.246. The van der Waals surface area contributed by atoms with Gasteiger partial charge in [-0.1, -0.05) is 0 Å². The molecule has 0 bridgehead atoms. The Morgan fingerprint density at radius 1 is 1.30 bits per heavy atom. The number of rotatable bonds is 4. The molecule has 9 nitrogen and oxygen atoms in total. The number of amides is 1. The molecule has 3 heterocycles. The third-order valence-electron chi connectivity index (χ3n) is 4.60. The van der Waals surface area contributed by atoms with Gasteiger partial charge in [-0.15, -0.1) is 0 Å². The quantitative estimate of drug-likeness (QED) is 0.757. The van der Waals surface area contributed by atoms with Gasteiger partial charge in [-0.3, -0.25) is 9.36 Å². The Balaban J connectivity index is 1.55. The van der Waals surface area contributed by atoms with Gasteiger partial charge in [-0.05, 0) is 18.2 Å². The molecule has 4 rings (SSSR count). The molecule has 12 heteroatoms. The minimum absolute atomic E-state index is 0.125. The second-order valence-corrected chi connectivity index (χ2v) is 6.67. The van der Waals surface area contributed by atoms with Crippen molar-refractivity contribution in [3.63, 3.8) is 0 Å². The molecule has 30 heavy (non-hydrogen) atoms. The van der Waals surface area contributed by atoms with Gasteiger partial charge in [0.2, 0.25) is 6.23 Å². The largest absolute Gasteiger partial charge is 0.486 e. The Bertz CT molecular complexity index is 1040. The van der Waals surface area contributed by atoms with E-state index in [0.29, 0.717) is 4.57 Å². The van der Waals surface area contributed by atoms with E-state index in [9.17, 15) is 22.8 Å². The van der Waals surface area contributed by atoms with Crippen molar-refractivity contribution in [1.29, 1.82) is 0 Å². The Morgan fingerprint density at radius 2 is 2.07 bits per heavy atom. The lowest BCUT2D eigenvalue weighted by molar-refractivity contribution is -0.120. The zero-order valence-corrected chi connectivity index (χ0v) is 15.3. The first kappa shape index (κ1) is 20.2. The van der Waals surface area contributed by atoms with Crippen molar-refractivity contribution in [3.05, 3.63) is 46.3 Å². The molecule has 1 saturated heterocycles. The predicted molar refractivity (Wildman–Crippen MR) is 94.4 cm³/mol. The second kappa shape index (κ2) is 7.61. The van der Waals surface area contributed by atoms with E-state index in [1.54, 1.807) is 0 Å². The van der Waals surface area contributed by atoms with Crippen LogP contribution in [-0.2, 0) is 4.74 Å². The summed E-state index contributed by atoms with van der Waals surface area (Å²) in [6, 6.07) is 3.65. The van der Waals surface area contributed by atoms with Gasteiger partial charge in [0.15, 0.2) is 17.3 Å². The molecule has 2 atom stereocenters. The van der Waals surface area contributed by atoms with Crippen molar-refractivity contribution in [3.8, 4) is 11.5 Å². The maximum Gasteiger partial charge on any atom is 0.351 e. The van der Waals surface area contributed by atoms with E-state index >= 15 is 0 Å². The van der Waals surface area contributed by atoms with Crippen LogP contribution in [0.25, 0.3) is 0 Å². The maximum atomic E-state index is 14.5. The lowest BCUT2D eigenvalue weighted by Crippen LogP contribution is -2.35. The van der Waals surface area contributed by atoms with E-state index in [1.807, 2.05) is 0 Å². The van der Waals surface area contributed by atoms with Gasteiger partial charge < -0.3 is 24.6 Å². The number of carbonyl (C=O) groups is 1. The van der Waals surface area contributed by atoms with Crippen molar-refractivity contribution in [2.75, 3.05) is 25.1 Å². The molecule has 1 aromatic heterocycles. The third kappa shape index (κ3) is 3.59. The molecular weight excluding hydrogens is 411 g/mol. The smallest absolute Gasteiger partial charge is 0.351 e. The number of hydrogen-bond donors (Lipinski definition) is 2. The van der Waals surface area contributed by atoms with Gasteiger partial charge >= 0.3 is 5.69 Å². The Morgan fingerprint density at radius 3 is 2.77 bits per heavy atom. The van der Waals surface area contributed by atoms with E-state index in [0.717, 1.165) is 12.3 Å². The number of aliphatic hydroxyl groups is 1. The average Bonchev–Trinajstić information content (AvgIpc) is 3.03. The summed E-state index contributed by atoms with van der Waals surface area (Å²) in [6.07, 6.45) is -2.82. The van der Waals surface area contributed by atoms with Crippen LogP contribution in [0.15, 0.2) is 29.2 Å². The number of aliphatic hydroxyl groups excluding tert-OH is 1. The SMILES string of the molecule is O=C(Nc1ccn(C2OC(CO)CC2(F)F)c(=O)n1)c1ccc2c(c1F)OCCO2. The van der Waals surface area contributed by atoms with Crippen LogP contribution in [-0.4, -0.2) is 52.4 Å². The van der Waals surface area contributed by atoms with Gasteiger partial charge in [0.25, 0.3) is 11.8 Å². The Labute approximate surface area is 167 Å². The summed E-state index contributed by atoms with van der Waals surface area (Å²) in [5, 5.41) is 11.3. The predicted octanol–water partition coefficient (Wildman–Crippen LogP) is 1.32. The van der Waals surface area contributed by atoms with E-state index < -0.39 is 48.7 Å². The molecule has 2 unspecified atom stereocenters. The number of alkyl halides is 2. The van der Waals surface area contributed by atoms with Gasteiger partial charge in [0, 0.05) is 12.6 Å². The molecule has 0 saturated carbocycles. The van der Waals surface area contributed by atoms with Crippen LogP contribution in [0.2, 0.25) is 0 Å². The highest BCUT2D eigenvalue weighted by Crippen LogP contribution is 2.41. The maximum absolute atomic E-state index is 14.5. The molecule has 0 spiro atoms. The zero-order chi connectivity index (χ0) is 21.5. The monoisotopic (exact) mass is 427 g/mol. The number of hydrogen-bond acceptors (Lipinski definition) is 7. The first-order valence-electron chi connectivity index (χ1n) is 8.93.